The van der Waals surface area contributed by atoms with Crippen LogP contribution in [0.1, 0.15) is 38.5 Å². The molecule has 2 aromatic heterocycles. The van der Waals surface area contributed by atoms with Gasteiger partial charge in [-0.25, -0.2) is 9.97 Å². The lowest BCUT2D eigenvalue weighted by molar-refractivity contribution is -0.125. The molecule has 3 rings (SSSR count). The van der Waals surface area contributed by atoms with Crippen molar-refractivity contribution in [2.75, 3.05) is 37.6 Å². The molecular weight excluding hydrogens is 342 g/mol. The Balaban J connectivity index is 1.52. The first-order valence-electron chi connectivity index (χ1n) is 9.80. The summed E-state index contributed by atoms with van der Waals surface area (Å²) < 4.78 is 5.61. The Labute approximate surface area is 160 Å². The van der Waals surface area contributed by atoms with Crippen LogP contribution in [0.15, 0.2) is 41.3 Å². The Morgan fingerprint density at radius 3 is 2.56 bits per heavy atom. The molecule has 1 atom stereocenters. The van der Waals surface area contributed by atoms with Crippen molar-refractivity contribution in [3.63, 3.8) is 0 Å². The molecule has 0 saturated carbocycles. The summed E-state index contributed by atoms with van der Waals surface area (Å²) >= 11 is 0. The second-order valence-corrected chi connectivity index (χ2v) is 6.81. The van der Waals surface area contributed by atoms with Crippen molar-refractivity contribution in [2.24, 2.45) is 5.92 Å². The molecule has 0 unspecified atom stereocenters. The Bertz CT molecular complexity index is 680. The molecule has 7 nitrogen and oxygen atoms in total. The Morgan fingerprint density at radius 1 is 1.26 bits per heavy atom. The topological polar surface area (TPSA) is 74.5 Å². The molecule has 1 aliphatic rings. The number of amides is 1. The highest BCUT2D eigenvalue weighted by Crippen LogP contribution is 2.23. The van der Waals surface area contributed by atoms with E-state index in [1.54, 1.807) is 18.7 Å². The van der Waals surface area contributed by atoms with Crippen LogP contribution in [0.3, 0.4) is 0 Å². The summed E-state index contributed by atoms with van der Waals surface area (Å²) in [5, 5.41) is 3.15. The van der Waals surface area contributed by atoms with E-state index in [0.717, 1.165) is 50.7 Å². The first kappa shape index (κ1) is 19.4. The molecule has 0 spiro atoms. The minimum Gasteiger partial charge on any atom is -0.468 e. The number of nitrogens with zero attached hydrogens (tertiary/aromatic N) is 4. The Morgan fingerprint density at radius 2 is 1.96 bits per heavy atom. The molecule has 1 amide bonds. The molecule has 0 bridgehead atoms. The van der Waals surface area contributed by atoms with Crippen LogP contribution in [0.5, 0.6) is 0 Å². The number of piperidine rings is 1. The van der Waals surface area contributed by atoms with Gasteiger partial charge in [-0.2, -0.15) is 0 Å². The number of aromatic nitrogens is 2. The molecule has 0 aromatic carbocycles. The van der Waals surface area contributed by atoms with E-state index in [9.17, 15) is 4.79 Å². The summed E-state index contributed by atoms with van der Waals surface area (Å²) in [6.07, 6.45) is 6.84. The Hall–Kier alpha value is -2.41. The summed E-state index contributed by atoms with van der Waals surface area (Å²) in [7, 11) is 0. The van der Waals surface area contributed by atoms with Gasteiger partial charge >= 0.3 is 0 Å². The molecule has 1 fully saturated rings. The van der Waals surface area contributed by atoms with Crippen LogP contribution in [0.2, 0.25) is 0 Å². The summed E-state index contributed by atoms with van der Waals surface area (Å²) in [6.45, 7) is 8.25. The SMILES string of the molecule is CCN(CC)[C@H](CNC(=O)C1CCN(c2ncccn2)CC1)c1ccco1. The second kappa shape index (κ2) is 9.50. The van der Waals surface area contributed by atoms with E-state index in [-0.39, 0.29) is 17.9 Å². The van der Waals surface area contributed by atoms with Crippen molar-refractivity contribution < 1.29 is 9.21 Å². The van der Waals surface area contributed by atoms with Crippen LogP contribution in [-0.4, -0.2) is 53.5 Å². The van der Waals surface area contributed by atoms with E-state index in [1.807, 2.05) is 18.2 Å². The van der Waals surface area contributed by atoms with Gasteiger partial charge in [-0.3, -0.25) is 9.69 Å². The van der Waals surface area contributed by atoms with E-state index in [2.05, 4.69) is 38.9 Å². The van der Waals surface area contributed by atoms with E-state index >= 15 is 0 Å². The second-order valence-electron chi connectivity index (χ2n) is 6.81. The van der Waals surface area contributed by atoms with Crippen molar-refractivity contribution in [1.29, 1.82) is 0 Å². The number of furan rings is 1. The zero-order chi connectivity index (χ0) is 19.1. The molecule has 1 N–H and O–H groups in total. The molecule has 27 heavy (non-hydrogen) atoms. The third kappa shape index (κ3) is 4.86. The van der Waals surface area contributed by atoms with Crippen molar-refractivity contribution in [2.45, 2.75) is 32.7 Å². The van der Waals surface area contributed by atoms with Crippen molar-refractivity contribution >= 4 is 11.9 Å². The number of nitrogens with one attached hydrogen (secondary N) is 1. The van der Waals surface area contributed by atoms with Crippen molar-refractivity contribution in [3.8, 4) is 0 Å². The van der Waals surface area contributed by atoms with Crippen LogP contribution >= 0.6 is 0 Å². The number of rotatable bonds is 8. The zero-order valence-electron chi connectivity index (χ0n) is 16.2. The lowest BCUT2D eigenvalue weighted by atomic mass is 9.96. The highest BCUT2D eigenvalue weighted by molar-refractivity contribution is 5.79. The number of carbonyl (C=O) groups excluding carboxylic acids is 1. The molecule has 3 heterocycles. The van der Waals surface area contributed by atoms with Gasteiger partial charge in [0.2, 0.25) is 11.9 Å². The summed E-state index contributed by atoms with van der Waals surface area (Å²) in [5.74, 6) is 1.82. The standard InChI is InChI=1S/C20H29N5O2/c1-3-24(4-2)17(18-7-5-14-27-18)15-23-19(26)16-8-12-25(13-9-16)20-21-10-6-11-22-20/h5-7,10-11,14,16-17H,3-4,8-9,12-13,15H2,1-2H3,(H,23,26)/t17-/m1/s1. The van der Waals surface area contributed by atoms with Crippen LogP contribution in [0, 0.1) is 5.92 Å². The van der Waals surface area contributed by atoms with Crippen molar-refractivity contribution in [3.05, 3.63) is 42.6 Å². The largest absolute Gasteiger partial charge is 0.468 e. The van der Waals surface area contributed by atoms with E-state index in [1.165, 1.54) is 0 Å². The molecule has 1 saturated heterocycles. The van der Waals surface area contributed by atoms with Gasteiger partial charge in [-0.15, -0.1) is 0 Å². The number of hydrogen-bond acceptors (Lipinski definition) is 6. The average molecular weight is 371 g/mol. The lowest BCUT2D eigenvalue weighted by Gasteiger charge is -2.32. The molecule has 0 aliphatic carbocycles. The summed E-state index contributed by atoms with van der Waals surface area (Å²) in [4.78, 5) is 25.7. The van der Waals surface area contributed by atoms with Crippen LogP contribution in [0.25, 0.3) is 0 Å². The van der Waals surface area contributed by atoms with Crippen LogP contribution < -0.4 is 10.2 Å². The third-order valence-electron chi connectivity index (χ3n) is 5.30. The predicted octanol–water partition coefficient (Wildman–Crippen LogP) is 2.49. The maximum atomic E-state index is 12.7. The van der Waals surface area contributed by atoms with Gasteiger partial charge < -0.3 is 14.6 Å². The number of carbonyl (C=O) groups is 1. The predicted molar refractivity (Wildman–Crippen MR) is 104 cm³/mol. The fraction of sp³-hybridized carbons (Fsp3) is 0.550. The number of hydrogen-bond donors (Lipinski definition) is 1. The highest BCUT2D eigenvalue weighted by Gasteiger charge is 2.27. The quantitative estimate of drug-likeness (QED) is 0.768. The van der Waals surface area contributed by atoms with Gasteiger partial charge in [-0.1, -0.05) is 13.8 Å². The van der Waals surface area contributed by atoms with Gasteiger partial charge in [0.25, 0.3) is 0 Å². The molecule has 0 radical (unpaired) electrons. The summed E-state index contributed by atoms with van der Waals surface area (Å²) in [5.41, 5.74) is 0. The third-order valence-corrected chi connectivity index (χ3v) is 5.30. The van der Waals surface area contributed by atoms with Crippen LogP contribution in [0.4, 0.5) is 5.95 Å². The first-order valence-corrected chi connectivity index (χ1v) is 9.80. The van der Waals surface area contributed by atoms with E-state index in [4.69, 9.17) is 4.42 Å². The maximum absolute atomic E-state index is 12.7. The average Bonchev–Trinajstić information content (AvgIpc) is 3.26. The number of anilines is 1. The monoisotopic (exact) mass is 371 g/mol. The highest BCUT2D eigenvalue weighted by atomic mass is 16.3. The smallest absolute Gasteiger partial charge is 0.225 e. The van der Waals surface area contributed by atoms with Crippen molar-refractivity contribution in [1.82, 2.24) is 20.2 Å². The fourth-order valence-electron chi connectivity index (χ4n) is 3.69. The first-order chi connectivity index (χ1) is 13.2. The van der Waals surface area contributed by atoms with Gasteiger partial charge in [0, 0.05) is 37.9 Å². The molecule has 146 valence electrons. The van der Waals surface area contributed by atoms with Crippen LogP contribution in [-0.2, 0) is 4.79 Å². The minimum atomic E-state index is 0.0407. The Kier molecular flexibility index (Phi) is 6.81. The summed E-state index contributed by atoms with van der Waals surface area (Å²) in [6, 6.07) is 5.76. The zero-order valence-corrected chi connectivity index (χ0v) is 16.2. The molecular formula is C20H29N5O2. The van der Waals surface area contributed by atoms with Gasteiger partial charge in [0.1, 0.15) is 5.76 Å². The van der Waals surface area contributed by atoms with Gasteiger partial charge in [0.05, 0.1) is 12.3 Å². The molecule has 7 heteroatoms. The van der Waals surface area contributed by atoms with E-state index in [0.29, 0.717) is 6.54 Å². The normalized spacial score (nSPS) is 16.5. The maximum Gasteiger partial charge on any atom is 0.225 e. The van der Waals surface area contributed by atoms with Gasteiger partial charge in [0.15, 0.2) is 0 Å². The molecule has 1 aliphatic heterocycles. The van der Waals surface area contributed by atoms with Gasteiger partial charge in [-0.05, 0) is 44.1 Å². The minimum absolute atomic E-state index is 0.0407. The fourth-order valence-corrected chi connectivity index (χ4v) is 3.69. The molecule has 2 aromatic rings. The van der Waals surface area contributed by atoms with E-state index < -0.39 is 0 Å². The number of likely N-dealkylation sites (N-methyl/N-ethyl adjacent to an activating group) is 1. The lowest BCUT2D eigenvalue weighted by Crippen LogP contribution is -2.44.